The molecule has 0 N–H and O–H groups in total. The van der Waals surface area contributed by atoms with Gasteiger partial charge in [-0.1, -0.05) is 25.7 Å². The normalized spacial score (nSPS) is 11.2. The van der Waals surface area contributed by atoms with Crippen molar-refractivity contribution >= 4 is 0 Å². The largest absolute Gasteiger partial charge is 0.378 e. The van der Waals surface area contributed by atoms with Crippen LogP contribution in [0.5, 0.6) is 0 Å². The Morgan fingerprint density at radius 1 is 0.850 bits per heavy atom. The smallest absolute Gasteiger partial charge is 0.107 e. The molecule has 0 fully saturated rings. The average molecular weight is 285 g/mol. The number of ether oxygens (including phenoxy) is 3. The van der Waals surface area contributed by atoms with E-state index in [1.54, 1.807) is 0 Å². The number of rotatable bonds is 11. The molecule has 0 radical (unpaired) electrons. The van der Waals surface area contributed by atoms with Crippen LogP contribution in [-0.2, 0) is 14.2 Å². The highest BCUT2D eigenvalue weighted by atomic mass is 16.5. The molecule has 0 aliphatic carbocycles. The van der Waals surface area contributed by atoms with Crippen LogP contribution in [0.25, 0.3) is 0 Å². The van der Waals surface area contributed by atoms with Gasteiger partial charge in [-0.15, -0.1) is 0 Å². The second-order valence-corrected chi connectivity index (χ2v) is 5.33. The van der Waals surface area contributed by atoms with Crippen molar-refractivity contribution in [3.8, 4) is 11.8 Å². The number of nitrogens with zero attached hydrogens (tertiary/aromatic N) is 1. The molecule has 0 aromatic rings. The van der Waals surface area contributed by atoms with E-state index in [0.717, 1.165) is 13.2 Å². The zero-order valence-corrected chi connectivity index (χ0v) is 13.8. The van der Waals surface area contributed by atoms with Crippen LogP contribution < -0.4 is 0 Å². The van der Waals surface area contributed by atoms with Gasteiger partial charge in [-0.25, -0.2) is 0 Å². The third-order valence-electron chi connectivity index (χ3n) is 2.78. The Kier molecular flexibility index (Phi) is 13.0. The van der Waals surface area contributed by atoms with E-state index in [4.69, 9.17) is 14.2 Å². The fourth-order valence-electron chi connectivity index (χ4n) is 1.28. The van der Waals surface area contributed by atoms with Crippen molar-refractivity contribution in [1.82, 2.24) is 4.90 Å². The summed E-state index contributed by atoms with van der Waals surface area (Å²) in [4.78, 5) is 2.26. The van der Waals surface area contributed by atoms with Crippen molar-refractivity contribution in [3.05, 3.63) is 0 Å². The summed E-state index contributed by atoms with van der Waals surface area (Å²) in [6.45, 7) is 13.1. The zero-order valence-electron chi connectivity index (χ0n) is 13.8. The molecule has 0 aliphatic heterocycles. The first-order chi connectivity index (χ1) is 9.54. The maximum atomic E-state index is 5.50. The third-order valence-corrected chi connectivity index (χ3v) is 2.78. The fraction of sp³-hybridized carbons (Fsp3) is 0.875. The van der Waals surface area contributed by atoms with Gasteiger partial charge in [0.1, 0.15) is 6.61 Å². The summed E-state index contributed by atoms with van der Waals surface area (Å²) in [6, 6.07) is 0.561. The van der Waals surface area contributed by atoms with Crippen LogP contribution in [0.2, 0.25) is 0 Å². The predicted molar refractivity (Wildman–Crippen MR) is 82.8 cm³/mol. The van der Waals surface area contributed by atoms with E-state index in [2.05, 4.69) is 51.5 Å². The highest BCUT2D eigenvalue weighted by molar-refractivity contribution is 5.01. The minimum atomic E-state index is 0.404. The van der Waals surface area contributed by atoms with Crippen LogP contribution in [-0.4, -0.2) is 64.2 Å². The second-order valence-electron chi connectivity index (χ2n) is 5.33. The van der Waals surface area contributed by atoms with Crippen molar-refractivity contribution in [2.45, 2.75) is 33.7 Å². The predicted octanol–water partition coefficient (Wildman–Crippen LogP) is 2.04. The minimum absolute atomic E-state index is 0.404. The summed E-state index contributed by atoms with van der Waals surface area (Å²) in [5, 5.41) is 0. The third kappa shape index (κ3) is 13.8. The summed E-state index contributed by atoms with van der Waals surface area (Å²) in [5.41, 5.74) is 0. The van der Waals surface area contributed by atoms with Crippen molar-refractivity contribution < 1.29 is 14.2 Å². The number of hydrogen-bond acceptors (Lipinski definition) is 4. The van der Waals surface area contributed by atoms with E-state index in [1.165, 1.54) is 0 Å². The molecule has 0 saturated carbocycles. The van der Waals surface area contributed by atoms with Gasteiger partial charge in [0.25, 0.3) is 0 Å². The maximum Gasteiger partial charge on any atom is 0.107 e. The Morgan fingerprint density at radius 2 is 1.40 bits per heavy atom. The molecule has 118 valence electrons. The van der Waals surface area contributed by atoms with E-state index < -0.39 is 0 Å². The lowest BCUT2D eigenvalue weighted by molar-refractivity contribution is 0.0155. The van der Waals surface area contributed by atoms with Crippen LogP contribution in [0.15, 0.2) is 0 Å². The molecule has 0 heterocycles. The van der Waals surface area contributed by atoms with Crippen molar-refractivity contribution in [1.29, 1.82) is 0 Å². The zero-order chi connectivity index (χ0) is 15.2. The number of hydrogen-bond donors (Lipinski definition) is 0. The molecular weight excluding hydrogens is 254 g/mol. The van der Waals surface area contributed by atoms with E-state index in [9.17, 15) is 0 Å². The number of likely N-dealkylation sites (N-methyl/N-ethyl adjacent to an activating group) is 1. The topological polar surface area (TPSA) is 30.9 Å². The van der Waals surface area contributed by atoms with Gasteiger partial charge in [-0.2, -0.15) is 0 Å². The fourth-order valence-corrected chi connectivity index (χ4v) is 1.28. The molecular formula is C16H31NO3. The summed E-state index contributed by atoms with van der Waals surface area (Å²) >= 11 is 0. The molecule has 0 aliphatic rings. The molecule has 0 aromatic carbocycles. The summed E-state index contributed by atoms with van der Waals surface area (Å²) in [7, 11) is 2.10. The molecule has 4 heteroatoms. The van der Waals surface area contributed by atoms with E-state index in [0.29, 0.717) is 45.0 Å². The highest BCUT2D eigenvalue weighted by Gasteiger charge is 2.01. The van der Waals surface area contributed by atoms with Gasteiger partial charge in [-0.05, 0) is 20.9 Å². The van der Waals surface area contributed by atoms with Gasteiger partial charge < -0.3 is 19.1 Å². The SMILES string of the molecule is CC(C)C#CCOCCOCCOCCN(C)C(C)C. The Hall–Kier alpha value is -0.600. The molecule has 0 saturated heterocycles. The van der Waals surface area contributed by atoms with Gasteiger partial charge in [-0.3, -0.25) is 0 Å². The average Bonchev–Trinajstić information content (AvgIpc) is 2.39. The van der Waals surface area contributed by atoms with Crippen LogP contribution in [0.4, 0.5) is 0 Å². The monoisotopic (exact) mass is 285 g/mol. The van der Waals surface area contributed by atoms with Crippen LogP contribution in [0.1, 0.15) is 27.7 Å². The molecule has 0 atom stereocenters. The second kappa shape index (κ2) is 13.4. The van der Waals surface area contributed by atoms with Crippen LogP contribution in [0.3, 0.4) is 0 Å². The molecule has 4 nitrogen and oxygen atoms in total. The van der Waals surface area contributed by atoms with Gasteiger partial charge in [0.2, 0.25) is 0 Å². The Labute approximate surface area is 124 Å². The minimum Gasteiger partial charge on any atom is -0.378 e. The molecule has 0 aromatic heterocycles. The van der Waals surface area contributed by atoms with Gasteiger partial charge in [0.05, 0.1) is 33.0 Å². The first-order valence-corrected chi connectivity index (χ1v) is 7.46. The molecule has 0 spiro atoms. The van der Waals surface area contributed by atoms with E-state index in [-0.39, 0.29) is 0 Å². The molecule has 0 amide bonds. The summed E-state index contributed by atoms with van der Waals surface area (Å²) < 4.78 is 16.2. The quantitative estimate of drug-likeness (QED) is 0.429. The lowest BCUT2D eigenvalue weighted by atomic mass is 10.2. The van der Waals surface area contributed by atoms with Gasteiger partial charge >= 0.3 is 0 Å². The first kappa shape index (κ1) is 19.4. The molecule has 0 bridgehead atoms. The first-order valence-electron chi connectivity index (χ1n) is 7.46. The standard InChI is InChI=1S/C16H31NO3/c1-15(2)7-6-9-18-11-13-20-14-12-19-10-8-17(5)16(3)4/h15-16H,8-14H2,1-5H3. The van der Waals surface area contributed by atoms with Gasteiger partial charge in [0.15, 0.2) is 0 Å². The maximum absolute atomic E-state index is 5.50. The Bertz CT molecular complexity index is 269. The van der Waals surface area contributed by atoms with Crippen molar-refractivity contribution in [2.24, 2.45) is 5.92 Å². The lowest BCUT2D eigenvalue weighted by Gasteiger charge is -2.20. The van der Waals surface area contributed by atoms with Crippen molar-refractivity contribution in [2.75, 3.05) is 53.2 Å². The van der Waals surface area contributed by atoms with E-state index in [1.807, 2.05) is 0 Å². The van der Waals surface area contributed by atoms with Gasteiger partial charge in [0, 0.05) is 18.5 Å². The molecule has 0 rings (SSSR count). The Balaban J connectivity index is 3.16. The molecule has 0 unspecified atom stereocenters. The van der Waals surface area contributed by atoms with E-state index >= 15 is 0 Å². The Morgan fingerprint density at radius 3 is 1.95 bits per heavy atom. The van der Waals surface area contributed by atoms with Crippen LogP contribution in [0, 0.1) is 17.8 Å². The summed E-state index contributed by atoms with van der Waals surface area (Å²) in [5.74, 6) is 6.42. The van der Waals surface area contributed by atoms with Crippen LogP contribution >= 0.6 is 0 Å². The molecule has 20 heavy (non-hydrogen) atoms. The summed E-state index contributed by atoms with van der Waals surface area (Å²) in [6.07, 6.45) is 0. The van der Waals surface area contributed by atoms with Crippen molar-refractivity contribution in [3.63, 3.8) is 0 Å². The highest BCUT2D eigenvalue weighted by Crippen LogP contribution is 1.92. The lowest BCUT2D eigenvalue weighted by Crippen LogP contribution is -2.30.